The van der Waals surface area contributed by atoms with Crippen LogP contribution in [0.4, 0.5) is 10.5 Å². The van der Waals surface area contributed by atoms with Crippen LogP contribution in [-0.2, 0) is 15.1 Å². The van der Waals surface area contributed by atoms with Crippen LogP contribution in [-0.4, -0.2) is 29.3 Å². The van der Waals surface area contributed by atoms with Crippen molar-refractivity contribution in [3.8, 4) is 0 Å². The second kappa shape index (κ2) is 7.79. The van der Waals surface area contributed by atoms with Crippen LogP contribution in [0.5, 0.6) is 0 Å². The minimum Gasteiger partial charge on any atom is -0.323 e. The fraction of sp³-hybridized carbons (Fsp3) is 0.167. The van der Waals surface area contributed by atoms with E-state index in [2.05, 4.69) is 10.6 Å². The number of nitrogens with zero attached hydrogens (tertiary/aromatic N) is 1. The van der Waals surface area contributed by atoms with Crippen LogP contribution in [0.2, 0.25) is 20.1 Å². The number of carbonyl (C=O) groups excluding carboxylic acids is 3. The van der Waals surface area contributed by atoms with E-state index in [4.69, 9.17) is 46.4 Å². The fourth-order valence-corrected chi connectivity index (χ4v) is 3.78. The fourth-order valence-electron chi connectivity index (χ4n) is 2.84. The van der Waals surface area contributed by atoms with Crippen molar-refractivity contribution in [2.24, 2.45) is 0 Å². The Labute approximate surface area is 180 Å². The maximum atomic E-state index is 12.9. The summed E-state index contributed by atoms with van der Waals surface area (Å²) < 4.78 is 0. The lowest BCUT2D eigenvalue weighted by Crippen LogP contribution is -2.42. The topological polar surface area (TPSA) is 78.5 Å². The molecule has 0 radical (unpaired) electrons. The largest absolute Gasteiger partial charge is 0.325 e. The Morgan fingerprint density at radius 1 is 1.04 bits per heavy atom. The number of benzene rings is 2. The van der Waals surface area contributed by atoms with Gasteiger partial charge in [-0.05, 0) is 37.3 Å². The summed E-state index contributed by atoms with van der Waals surface area (Å²) in [5.41, 5.74) is -0.778. The third-order valence-electron chi connectivity index (χ3n) is 4.25. The van der Waals surface area contributed by atoms with Gasteiger partial charge in [0.05, 0.1) is 10.7 Å². The maximum Gasteiger partial charge on any atom is 0.325 e. The molecule has 0 aromatic heterocycles. The highest BCUT2D eigenvalue weighted by Crippen LogP contribution is 2.35. The predicted molar refractivity (Wildman–Crippen MR) is 109 cm³/mol. The Morgan fingerprint density at radius 2 is 1.68 bits per heavy atom. The molecule has 6 nitrogen and oxygen atoms in total. The first-order chi connectivity index (χ1) is 13.1. The van der Waals surface area contributed by atoms with E-state index in [9.17, 15) is 14.4 Å². The second-order valence-electron chi connectivity index (χ2n) is 6.24. The van der Waals surface area contributed by atoms with Gasteiger partial charge in [0.25, 0.3) is 5.91 Å². The van der Waals surface area contributed by atoms with Gasteiger partial charge in [-0.1, -0.05) is 52.5 Å². The number of anilines is 1. The molecular formula is C18H13Cl4N3O3. The molecule has 1 fully saturated rings. The molecule has 2 aromatic rings. The highest BCUT2D eigenvalue weighted by Gasteiger charge is 2.50. The zero-order chi connectivity index (χ0) is 20.6. The second-order valence-corrected chi connectivity index (χ2v) is 7.93. The van der Waals surface area contributed by atoms with Crippen molar-refractivity contribution in [3.63, 3.8) is 0 Å². The van der Waals surface area contributed by atoms with Crippen molar-refractivity contribution in [2.45, 2.75) is 12.5 Å². The quantitative estimate of drug-likeness (QED) is 0.648. The first-order valence-corrected chi connectivity index (χ1v) is 9.47. The van der Waals surface area contributed by atoms with Crippen molar-refractivity contribution in [1.82, 2.24) is 10.2 Å². The summed E-state index contributed by atoms with van der Waals surface area (Å²) >= 11 is 24.0. The first kappa shape index (κ1) is 20.7. The van der Waals surface area contributed by atoms with Crippen LogP contribution in [0.3, 0.4) is 0 Å². The molecule has 146 valence electrons. The highest BCUT2D eigenvalue weighted by molar-refractivity contribution is 6.36. The standard InChI is InChI=1S/C18H13Cl4N3O3/c1-18(11-4-2-9(19)6-13(11)22)16(27)25(17(28)24-18)8-15(26)23-14-7-10(20)3-5-12(14)21/h2-7H,8H2,1H3,(H,23,26)(H,24,28). The van der Waals surface area contributed by atoms with Crippen LogP contribution < -0.4 is 10.6 Å². The zero-order valence-corrected chi connectivity index (χ0v) is 17.4. The average molecular weight is 461 g/mol. The van der Waals surface area contributed by atoms with Gasteiger partial charge in [0.15, 0.2) is 0 Å². The molecule has 2 aromatic carbocycles. The van der Waals surface area contributed by atoms with E-state index in [0.29, 0.717) is 15.6 Å². The minimum atomic E-state index is -1.42. The Hall–Kier alpha value is -1.99. The first-order valence-electron chi connectivity index (χ1n) is 7.96. The summed E-state index contributed by atoms with van der Waals surface area (Å²) in [5, 5.41) is 6.37. The summed E-state index contributed by atoms with van der Waals surface area (Å²) in [4.78, 5) is 38.4. The molecular weight excluding hydrogens is 448 g/mol. The van der Waals surface area contributed by atoms with E-state index in [1.807, 2.05) is 0 Å². The number of urea groups is 1. The molecule has 0 bridgehead atoms. The van der Waals surface area contributed by atoms with Gasteiger partial charge in [-0.3, -0.25) is 14.5 Å². The Balaban J connectivity index is 1.80. The van der Waals surface area contributed by atoms with Crippen molar-refractivity contribution in [1.29, 1.82) is 0 Å². The summed E-state index contributed by atoms with van der Waals surface area (Å²) in [6.45, 7) is 1.00. The normalized spacial score (nSPS) is 19.0. The molecule has 4 amide bonds. The number of nitrogens with one attached hydrogen (secondary N) is 2. The summed E-state index contributed by atoms with van der Waals surface area (Å²) in [7, 11) is 0. The molecule has 28 heavy (non-hydrogen) atoms. The number of halogens is 4. The Kier molecular flexibility index (Phi) is 5.77. The van der Waals surface area contributed by atoms with E-state index >= 15 is 0 Å². The van der Waals surface area contributed by atoms with Gasteiger partial charge in [0.1, 0.15) is 12.1 Å². The SMILES string of the molecule is CC1(c2ccc(Cl)cc2Cl)NC(=O)N(CC(=O)Nc2cc(Cl)ccc2Cl)C1=O. The van der Waals surface area contributed by atoms with Crippen molar-refractivity contribution < 1.29 is 14.4 Å². The molecule has 2 N–H and O–H groups in total. The molecule has 3 rings (SSSR count). The maximum absolute atomic E-state index is 12.9. The molecule has 1 heterocycles. The van der Waals surface area contributed by atoms with Gasteiger partial charge < -0.3 is 10.6 Å². The van der Waals surface area contributed by atoms with Crippen molar-refractivity contribution >= 4 is 69.9 Å². The monoisotopic (exact) mass is 459 g/mol. The highest BCUT2D eigenvalue weighted by atomic mass is 35.5. The van der Waals surface area contributed by atoms with E-state index in [1.54, 1.807) is 18.2 Å². The molecule has 1 aliphatic rings. The molecule has 1 atom stereocenters. The van der Waals surface area contributed by atoms with Gasteiger partial charge in [0.2, 0.25) is 5.91 Å². The van der Waals surface area contributed by atoms with Gasteiger partial charge in [0, 0.05) is 20.6 Å². The van der Waals surface area contributed by atoms with E-state index in [1.165, 1.54) is 25.1 Å². The van der Waals surface area contributed by atoms with Gasteiger partial charge in [-0.15, -0.1) is 0 Å². The molecule has 1 aliphatic heterocycles. The molecule has 1 unspecified atom stereocenters. The van der Waals surface area contributed by atoms with E-state index < -0.39 is 29.9 Å². The van der Waals surface area contributed by atoms with Gasteiger partial charge >= 0.3 is 6.03 Å². The summed E-state index contributed by atoms with van der Waals surface area (Å²) in [5.74, 6) is -1.23. The number of hydrogen-bond acceptors (Lipinski definition) is 3. The number of rotatable bonds is 4. The van der Waals surface area contributed by atoms with Crippen molar-refractivity contribution in [3.05, 3.63) is 62.1 Å². The van der Waals surface area contributed by atoms with Crippen molar-refractivity contribution in [2.75, 3.05) is 11.9 Å². The van der Waals surface area contributed by atoms with Crippen LogP contribution in [0.25, 0.3) is 0 Å². The van der Waals surface area contributed by atoms with E-state index in [-0.39, 0.29) is 15.7 Å². The van der Waals surface area contributed by atoms with Crippen LogP contribution >= 0.6 is 46.4 Å². The Morgan fingerprint density at radius 3 is 2.36 bits per heavy atom. The number of amides is 4. The third kappa shape index (κ3) is 3.91. The molecule has 0 saturated carbocycles. The predicted octanol–water partition coefficient (Wildman–Crippen LogP) is 4.71. The van der Waals surface area contributed by atoms with Gasteiger partial charge in [-0.25, -0.2) is 4.79 Å². The Bertz CT molecular complexity index is 998. The van der Waals surface area contributed by atoms with Crippen LogP contribution in [0.15, 0.2) is 36.4 Å². The summed E-state index contributed by atoms with van der Waals surface area (Å²) in [6, 6.07) is 8.42. The smallest absolute Gasteiger partial charge is 0.323 e. The molecule has 1 saturated heterocycles. The number of hydrogen-bond donors (Lipinski definition) is 2. The lowest BCUT2D eigenvalue weighted by Gasteiger charge is -2.23. The van der Waals surface area contributed by atoms with Crippen LogP contribution in [0.1, 0.15) is 12.5 Å². The van der Waals surface area contributed by atoms with Crippen LogP contribution in [0, 0.1) is 0 Å². The number of imide groups is 1. The van der Waals surface area contributed by atoms with Gasteiger partial charge in [-0.2, -0.15) is 0 Å². The molecule has 0 spiro atoms. The average Bonchev–Trinajstić information content (AvgIpc) is 2.82. The van der Waals surface area contributed by atoms with E-state index in [0.717, 1.165) is 4.90 Å². The third-order valence-corrected chi connectivity index (χ3v) is 5.36. The zero-order valence-electron chi connectivity index (χ0n) is 14.4. The minimum absolute atomic E-state index is 0.223. The number of carbonyl (C=O) groups is 3. The molecule has 0 aliphatic carbocycles. The lowest BCUT2D eigenvalue weighted by atomic mass is 9.92. The lowest BCUT2D eigenvalue weighted by molar-refractivity contribution is -0.133. The summed E-state index contributed by atoms with van der Waals surface area (Å²) in [6.07, 6.45) is 0. The molecule has 10 heteroatoms.